The Labute approximate surface area is 697 Å². The monoisotopic (exact) mass is 1530 g/mol. The zero-order valence-corrected chi connectivity index (χ0v) is 65.6. The minimum Gasteiger partial charge on any atom is -0.208 e. The van der Waals surface area contributed by atoms with Crippen LogP contribution in [0.1, 0.15) is 44.5 Å². The van der Waals surface area contributed by atoms with Crippen LogP contribution >= 0.6 is 0 Å². The number of nitrogens with zero attached hydrogens (tertiary/aromatic N) is 6. The Morgan fingerprint density at radius 3 is 0.833 bits per heavy atom. The van der Waals surface area contributed by atoms with Crippen molar-refractivity contribution in [1.82, 2.24) is 29.9 Å². The predicted molar refractivity (Wildman–Crippen MR) is 499 cm³/mol. The third-order valence-corrected chi connectivity index (χ3v) is 22.5. The van der Waals surface area contributed by atoms with Gasteiger partial charge in [-0.3, -0.25) is 0 Å². The van der Waals surface area contributed by atoms with Crippen molar-refractivity contribution < 1.29 is 0 Å². The summed E-state index contributed by atoms with van der Waals surface area (Å²) < 4.78 is 0. The minimum absolute atomic E-state index is 0.627. The summed E-state index contributed by atoms with van der Waals surface area (Å²) in [5.74, 6) is 3.82. The lowest BCUT2D eigenvalue weighted by molar-refractivity contribution is 1.07. The van der Waals surface area contributed by atoms with E-state index in [0.29, 0.717) is 34.9 Å². The molecule has 0 bridgehead atoms. The van der Waals surface area contributed by atoms with E-state index in [1.165, 1.54) is 82.2 Å². The first kappa shape index (κ1) is 72.9. The molecule has 0 unspecified atom stereocenters. The van der Waals surface area contributed by atoms with Crippen LogP contribution in [-0.4, -0.2) is 29.9 Å². The fourth-order valence-electron chi connectivity index (χ4n) is 16.8. The molecule has 6 heteroatoms. The van der Waals surface area contributed by atoms with Crippen molar-refractivity contribution in [2.45, 2.75) is 0 Å². The highest BCUT2D eigenvalue weighted by Crippen LogP contribution is 2.44. The van der Waals surface area contributed by atoms with Gasteiger partial charge in [-0.15, -0.1) is 0 Å². The van der Waals surface area contributed by atoms with Gasteiger partial charge in [0.2, 0.25) is 0 Å². The first-order valence-corrected chi connectivity index (χ1v) is 40.6. The highest BCUT2D eigenvalue weighted by atomic mass is 15.0. The van der Waals surface area contributed by atoms with Gasteiger partial charge in [0.05, 0.1) is 0 Å². The number of fused-ring (bicyclic) bond motifs is 8. The van der Waals surface area contributed by atoms with Crippen molar-refractivity contribution in [3.05, 3.63) is 506 Å². The molecule has 21 rings (SSSR count). The van der Waals surface area contributed by atoms with E-state index in [1.807, 2.05) is 36.4 Å². The lowest BCUT2D eigenvalue weighted by atomic mass is 9.84. The van der Waals surface area contributed by atoms with E-state index in [0.717, 1.165) is 94.0 Å². The molecule has 0 aliphatic heterocycles. The average Bonchev–Trinajstić information content (AvgIpc) is 0.740. The molecule has 2 aromatic heterocycles. The molecule has 0 radical (unpaired) electrons. The Morgan fingerprint density at radius 2 is 0.392 bits per heavy atom. The molecule has 19 aromatic carbocycles. The maximum Gasteiger partial charge on any atom is 0.164 e. The maximum absolute atomic E-state index is 5.18. The minimum atomic E-state index is 0.627. The molecule has 0 N–H and O–H groups in total. The van der Waals surface area contributed by atoms with E-state index in [-0.39, 0.29) is 0 Å². The highest BCUT2D eigenvalue weighted by molar-refractivity contribution is 6.26. The van der Waals surface area contributed by atoms with Crippen molar-refractivity contribution in [2.24, 2.45) is 0 Å². The van der Waals surface area contributed by atoms with Crippen LogP contribution in [0.2, 0.25) is 0 Å². The second kappa shape index (κ2) is 33.1. The first-order chi connectivity index (χ1) is 59.5. The zero-order chi connectivity index (χ0) is 79.9. The lowest BCUT2D eigenvalue weighted by Crippen LogP contribution is -2.01. The molecule has 0 saturated heterocycles. The van der Waals surface area contributed by atoms with Crippen LogP contribution in [0, 0.1) is 0 Å². The zero-order valence-electron chi connectivity index (χ0n) is 65.6. The van der Waals surface area contributed by atoms with Crippen LogP contribution in [0.25, 0.3) is 167 Å². The quantitative estimate of drug-likeness (QED) is 0.0709. The summed E-state index contributed by atoms with van der Waals surface area (Å²) in [6.07, 6.45) is 0. The molecule has 0 saturated carbocycles. The van der Waals surface area contributed by atoms with Gasteiger partial charge in [0, 0.05) is 33.4 Å². The third kappa shape index (κ3) is 14.8. The number of benzene rings is 19. The van der Waals surface area contributed by atoms with Crippen molar-refractivity contribution in [2.75, 3.05) is 0 Å². The second-order valence-corrected chi connectivity index (χ2v) is 29.9. The molecule has 562 valence electrons. The van der Waals surface area contributed by atoms with E-state index in [2.05, 4.69) is 425 Å². The summed E-state index contributed by atoms with van der Waals surface area (Å²) in [5, 5.41) is 11.9. The molecule has 0 amide bonds. The molecule has 2 heterocycles. The van der Waals surface area contributed by atoms with Gasteiger partial charge in [0.25, 0.3) is 0 Å². The normalized spacial score (nSPS) is 11.2. The van der Waals surface area contributed by atoms with Crippen LogP contribution in [-0.2, 0) is 0 Å². The van der Waals surface area contributed by atoms with E-state index in [9.17, 15) is 0 Å². The predicted octanol–water partition coefficient (Wildman–Crippen LogP) is 28.9. The SMILES string of the molecule is c1ccc(C(=C(c2ccccc2)c2cccc(-c3ccc(-c4nc(-c5ccccc5)nc(-c5ccc6c7ccccc7c7ccccc7c6c5)n4)cc3)c2)c2ccccc2)cc1.c1ccc(C(=C(c2ccccc2)c2cccc(-c3ccc(-c4nc(-c5ccccc5)nc(-c5ccc6ccccc6c5)n4)c4ccccc34)c2)c2ccccc2)cc1. The van der Waals surface area contributed by atoms with Gasteiger partial charge in [-0.2, -0.15) is 0 Å². The standard InChI is InChI=1S/C59H39N3.C55H37N3/c1-5-18-41(19-6-1)55(42-20-7-2-8-21-42)56(43-22-9-3-10-23-43)47-27-17-26-46(38-47)40-32-34-45(35-33-40)58-60-57(44-24-11-4-12-25-44)61-59(62-58)48-36-37-53-51-30-14-13-28-49(51)50-29-15-16-31-52(50)54(53)39-48;1-5-19-39(20-6-1)51(40-21-7-2-8-22-40)52(41-23-9-3-10-24-41)45-29-17-28-44(37-45)47-34-35-50(49-31-16-15-30-48(47)49)55-57-53(42-25-11-4-12-26-42)56-54(58-55)46-33-32-38-18-13-14-27-43(38)36-46/h1-39H;1-37H. The van der Waals surface area contributed by atoms with Gasteiger partial charge < -0.3 is 0 Å². The molecule has 21 aromatic rings. The molecular weight excluding hydrogens is 1450 g/mol. The van der Waals surface area contributed by atoms with Crippen LogP contribution in [0.15, 0.2) is 461 Å². The summed E-state index contributed by atoms with van der Waals surface area (Å²) in [5.41, 5.74) is 24.2. The van der Waals surface area contributed by atoms with Gasteiger partial charge >= 0.3 is 0 Å². The molecule has 0 aliphatic carbocycles. The van der Waals surface area contributed by atoms with E-state index >= 15 is 0 Å². The number of hydrogen-bond acceptors (Lipinski definition) is 6. The highest BCUT2D eigenvalue weighted by Gasteiger charge is 2.23. The Balaban J connectivity index is 0.000000154. The van der Waals surface area contributed by atoms with Gasteiger partial charge in [-0.05, 0) is 173 Å². The van der Waals surface area contributed by atoms with Crippen molar-refractivity contribution in [3.63, 3.8) is 0 Å². The Bertz CT molecular complexity index is 7270. The molecule has 6 nitrogen and oxygen atoms in total. The lowest BCUT2D eigenvalue weighted by Gasteiger charge is -2.19. The number of hydrogen-bond donors (Lipinski definition) is 0. The van der Waals surface area contributed by atoms with E-state index in [4.69, 9.17) is 29.9 Å². The van der Waals surface area contributed by atoms with Crippen LogP contribution in [0.4, 0.5) is 0 Å². The Hall–Kier alpha value is -16.0. The third-order valence-electron chi connectivity index (χ3n) is 22.5. The summed E-state index contributed by atoms with van der Waals surface area (Å²) in [7, 11) is 0. The first-order valence-electron chi connectivity index (χ1n) is 40.6. The smallest absolute Gasteiger partial charge is 0.164 e. The van der Waals surface area contributed by atoms with Gasteiger partial charge in [0.1, 0.15) is 0 Å². The summed E-state index contributed by atoms with van der Waals surface area (Å²) in [4.78, 5) is 30.7. The fraction of sp³-hybridized carbons (Fsp3) is 0. The van der Waals surface area contributed by atoms with Crippen LogP contribution in [0.3, 0.4) is 0 Å². The topological polar surface area (TPSA) is 77.3 Å². The van der Waals surface area contributed by atoms with Crippen molar-refractivity contribution in [3.8, 4) is 90.6 Å². The van der Waals surface area contributed by atoms with Crippen LogP contribution in [0.5, 0.6) is 0 Å². The van der Waals surface area contributed by atoms with Gasteiger partial charge in [-0.25, -0.2) is 29.9 Å². The molecule has 0 atom stereocenters. The second-order valence-electron chi connectivity index (χ2n) is 29.9. The van der Waals surface area contributed by atoms with Gasteiger partial charge in [0.15, 0.2) is 34.9 Å². The summed E-state index contributed by atoms with van der Waals surface area (Å²) in [6, 6.07) is 163. The van der Waals surface area contributed by atoms with E-state index in [1.54, 1.807) is 0 Å². The molecule has 0 aliphatic rings. The van der Waals surface area contributed by atoms with E-state index < -0.39 is 0 Å². The summed E-state index contributed by atoms with van der Waals surface area (Å²) in [6.45, 7) is 0. The fourth-order valence-corrected chi connectivity index (χ4v) is 16.8. The van der Waals surface area contributed by atoms with Crippen molar-refractivity contribution >= 4 is 76.2 Å². The van der Waals surface area contributed by atoms with Crippen molar-refractivity contribution in [1.29, 1.82) is 0 Å². The molecule has 0 spiro atoms. The largest absolute Gasteiger partial charge is 0.208 e. The van der Waals surface area contributed by atoms with Crippen LogP contribution < -0.4 is 0 Å². The maximum atomic E-state index is 5.18. The number of aromatic nitrogens is 6. The number of rotatable bonds is 16. The Morgan fingerprint density at radius 1 is 0.125 bits per heavy atom. The molecular formula is C114H76N6. The molecule has 0 fully saturated rings. The average molecular weight is 1530 g/mol. The summed E-state index contributed by atoms with van der Waals surface area (Å²) >= 11 is 0. The van der Waals surface area contributed by atoms with Gasteiger partial charge in [-0.1, -0.05) is 431 Å². The molecule has 120 heavy (non-hydrogen) atoms. The Kier molecular flexibility index (Phi) is 20.1.